The number of fused-ring (bicyclic) bond motifs is 2. The quantitative estimate of drug-likeness (QED) is 0.605. The maximum Gasteiger partial charge on any atom is 0.0530 e. The van der Waals surface area contributed by atoms with E-state index in [1.165, 1.54) is 43.7 Å². The van der Waals surface area contributed by atoms with Crippen LogP contribution in [-0.4, -0.2) is 13.1 Å². The normalized spacial score (nSPS) is 12.2. The van der Waals surface area contributed by atoms with E-state index in [1.807, 2.05) is 11.8 Å². The van der Waals surface area contributed by atoms with E-state index in [9.17, 15) is 0 Å². The molecule has 4 heteroatoms. The van der Waals surface area contributed by atoms with Crippen molar-refractivity contribution in [2.24, 2.45) is 0 Å². The maximum absolute atomic E-state index is 3.58. The Labute approximate surface area is 136 Å². The van der Waals surface area contributed by atoms with Gasteiger partial charge in [0.25, 0.3) is 0 Å². The predicted molar refractivity (Wildman–Crippen MR) is 98.1 cm³/mol. The molecule has 0 atom stereocenters. The van der Waals surface area contributed by atoms with Gasteiger partial charge in [-0.2, -0.15) is 0 Å². The second-order valence-corrected chi connectivity index (χ2v) is 6.70. The van der Waals surface area contributed by atoms with Gasteiger partial charge < -0.3 is 16.0 Å². The average Bonchev–Trinajstić information content (AvgIpc) is 2.48. The first kappa shape index (κ1) is 15.1. The van der Waals surface area contributed by atoms with Gasteiger partial charge in [-0.25, -0.2) is 0 Å². The third-order valence-electron chi connectivity index (χ3n) is 3.88. The summed E-state index contributed by atoms with van der Waals surface area (Å²) in [5.74, 6) is 0. The Bertz CT molecular complexity index is 650. The lowest BCUT2D eigenvalue weighted by atomic mass is 10.1. The lowest BCUT2D eigenvalue weighted by molar-refractivity contribution is 1.17. The zero-order chi connectivity index (χ0) is 15.7. The number of aryl methyl sites for hydroxylation is 2. The topological polar surface area (TPSA) is 36.1 Å². The zero-order valence-electron chi connectivity index (χ0n) is 13.6. The summed E-state index contributed by atoms with van der Waals surface area (Å²) in [6.45, 7) is 10.4. The Morgan fingerprint density at radius 3 is 1.68 bits per heavy atom. The molecule has 1 heterocycles. The molecule has 0 aliphatic carbocycles. The largest absolute Gasteiger partial charge is 0.385 e. The molecule has 0 spiro atoms. The molecule has 22 heavy (non-hydrogen) atoms. The standard InChI is InChI=1S/C18H23N3S/c1-5-19-13-9-17-15(7-11(13)3)21-16-8-12(4)14(20-6-2)10-18(16)22-17/h7-10,19-21H,5-6H2,1-4H3. The van der Waals surface area contributed by atoms with Crippen molar-refractivity contribution in [1.82, 2.24) is 0 Å². The Balaban J connectivity index is 1.99. The smallest absolute Gasteiger partial charge is 0.0530 e. The van der Waals surface area contributed by atoms with Crippen LogP contribution in [0, 0.1) is 13.8 Å². The van der Waals surface area contributed by atoms with Crippen molar-refractivity contribution in [3.05, 3.63) is 35.4 Å². The van der Waals surface area contributed by atoms with Gasteiger partial charge in [-0.3, -0.25) is 0 Å². The fourth-order valence-electron chi connectivity index (χ4n) is 2.77. The highest BCUT2D eigenvalue weighted by molar-refractivity contribution is 7.99. The van der Waals surface area contributed by atoms with Crippen LogP contribution in [0.4, 0.5) is 22.7 Å². The molecule has 0 amide bonds. The van der Waals surface area contributed by atoms with Gasteiger partial charge in [0.2, 0.25) is 0 Å². The molecule has 0 saturated heterocycles. The molecule has 0 saturated carbocycles. The molecule has 2 aromatic rings. The average molecular weight is 313 g/mol. The minimum Gasteiger partial charge on any atom is -0.385 e. The van der Waals surface area contributed by atoms with E-state index in [4.69, 9.17) is 0 Å². The summed E-state index contributed by atoms with van der Waals surface area (Å²) in [6, 6.07) is 8.97. The maximum atomic E-state index is 3.58. The first-order valence-corrected chi connectivity index (χ1v) is 8.66. The van der Waals surface area contributed by atoms with Gasteiger partial charge >= 0.3 is 0 Å². The highest BCUT2D eigenvalue weighted by Gasteiger charge is 2.18. The van der Waals surface area contributed by atoms with Gasteiger partial charge in [0.05, 0.1) is 11.4 Å². The van der Waals surface area contributed by atoms with Crippen LogP contribution in [0.2, 0.25) is 0 Å². The number of rotatable bonds is 4. The van der Waals surface area contributed by atoms with E-state index >= 15 is 0 Å². The Hall–Kier alpha value is -1.81. The van der Waals surface area contributed by atoms with Crippen LogP contribution in [0.3, 0.4) is 0 Å². The second kappa shape index (κ2) is 6.13. The van der Waals surface area contributed by atoms with Crippen molar-refractivity contribution < 1.29 is 0 Å². The molecule has 3 rings (SSSR count). The fraction of sp³-hybridized carbons (Fsp3) is 0.333. The molecular formula is C18H23N3S. The van der Waals surface area contributed by atoms with Crippen LogP contribution in [0.25, 0.3) is 0 Å². The number of hydrogen-bond acceptors (Lipinski definition) is 4. The molecule has 0 bridgehead atoms. The van der Waals surface area contributed by atoms with Crippen LogP contribution in [0.15, 0.2) is 34.1 Å². The van der Waals surface area contributed by atoms with Crippen molar-refractivity contribution in [3.63, 3.8) is 0 Å². The van der Waals surface area contributed by atoms with Gasteiger partial charge in [-0.15, -0.1) is 0 Å². The SMILES string of the molecule is CCNc1cc2c(cc1C)Nc1cc(C)c(NCC)cc1S2. The van der Waals surface area contributed by atoms with Gasteiger partial charge in [-0.1, -0.05) is 11.8 Å². The highest BCUT2D eigenvalue weighted by Crippen LogP contribution is 2.47. The first-order valence-electron chi connectivity index (χ1n) is 7.84. The van der Waals surface area contributed by atoms with E-state index in [-0.39, 0.29) is 0 Å². The van der Waals surface area contributed by atoms with E-state index in [2.05, 4.69) is 67.9 Å². The molecule has 0 aromatic heterocycles. The number of hydrogen-bond donors (Lipinski definition) is 3. The summed E-state index contributed by atoms with van der Waals surface area (Å²) in [7, 11) is 0. The van der Waals surface area contributed by atoms with Crippen LogP contribution in [-0.2, 0) is 0 Å². The molecule has 3 N–H and O–H groups in total. The van der Waals surface area contributed by atoms with Crippen LogP contribution in [0.1, 0.15) is 25.0 Å². The third kappa shape index (κ3) is 2.75. The molecule has 116 valence electrons. The third-order valence-corrected chi connectivity index (χ3v) is 4.99. The highest BCUT2D eigenvalue weighted by atomic mass is 32.2. The Kier molecular flexibility index (Phi) is 4.21. The summed E-state index contributed by atoms with van der Waals surface area (Å²) in [5.41, 5.74) is 7.40. The molecule has 0 radical (unpaired) electrons. The van der Waals surface area contributed by atoms with Gasteiger partial charge in [0, 0.05) is 34.3 Å². The van der Waals surface area contributed by atoms with Crippen molar-refractivity contribution in [1.29, 1.82) is 0 Å². The Morgan fingerprint density at radius 2 is 1.27 bits per heavy atom. The van der Waals surface area contributed by atoms with Gasteiger partial charge in [0.1, 0.15) is 0 Å². The number of nitrogens with one attached hydrogen (secondary N) is 3. The van der Waals surface area contributed by atoms with E-state index < -0.39 is 0 Å². The van der Waals surface area contributed by atoms with Crippen molar-refractivity contribution in [2.75, 3.05) is 29.0 Å². The monoisotopic (exact) mass is 313 g/mol. The number of benzene rings is 2. The van der Waals surface area contributed by atoms with Crippen LogP contribution >= 0.6 is 11.8 Å². The summed E-state index contributed by atoms with van der Waals surface area (Å²) in [5, 5.41) is 10.5. The lowest BCUT2D eigenvalue weighted by Crippen LogP contribution is -2.06. The molecule has 1 aliphatic rings. The van der Waals surface area contributed by atoms with Gasteiger partial charge in [0.15, 0.2) is 0 Å². The molecule has 0 unspecified atom stereocenters. The Morgan fingerprint density at radius 1 is 0.818 bits per heavy atom. The minimum absolute atomic E-state index is 0.943. The van der Waals surface area contributed by atoms with E-state index in [1.54, 1.807) is 0 Å². The molecule has 2 aromatic carbocycles. The predicted octanol–water partition coefficient (Wildman–Crippen LogP) is 5.38. The fourth-order valence-corrected chi connectivity index (χ4v) is 3.80. The zero-order valence-corrected chi connectivity index (χ0v) is 14.4. The minimum atomic E-state index is 0.943. The molecular weight excluding hydrogens is 290 g/mol. The lowest BCUT2D eigenvalue weighted by Gasteiger charge is -2.24. The molecule has 0 fully saturated rings. The first-order chi connectivity index (χ1) is 10.6. The second-order valence-electron chi connectivity index (χ2n) is 5.61. The summed E-state index contributed by atoms with van der Waals surface area (Å²) in [4.78, 5) is 2.56. The van der Waals surface area contributed by atoms with E-state index in [0.29, 0.717) is 0 Å². The number of anilines is 4. The summed E-state index contributed by atoms with van der Waals surface area (Å²) in [6.07, 6.45) is 0. The van der Waals surface area contributed by atoms with Crippen LogP contribution in [0.5, 0.6) is 0 Å². The van der Waals surface area contributed by atoms with Gasteiger partial charge in [-0.05, 0) is 63.1 Å². The van der Waals surface area contributed by atoms with Crippen LogP contribution < -0.4 is 16.0 Å². The summed E-state index contributed by atoms with van der Waals surface area (Å²) < 4.78 is 0. The molecule has 1 aliphatic heterocycles. The summed E-state index contributed by atoms with van der Waals surface area (Å²) >= 11 is 1.84. The molecule has 3 nitrogen and oxygen atoms in total. The van der Waals surface area contributed by atoms with Crippen molar-refractivity contribution >= 4 is 34.5 Å². The van der Waals surface area contributed by atoms with Crippen molar-refractivity contribution in [2.45, 2.75) is 37.5 Å². The van der Waals surface area contributed by atoms with Crippen molar-refractivity contribution in [3.8, 4) is 0 Å². The van der Waals surface area contributed by atoms with E-state index in [0.717, 1.165) is 13.1 Å².